The average Bonchev–Trinajstić information content (AvgIpc) is 2.50. The van der Waals surface area contributed by atoms with Gasteiger partial charge in [0.2, 0.25) is 5.91 Å². The number of nitrogens with zero attached hydrogens (tertiary/aromatic N) is 2. The number of hydrogen-bond donors (Lipinski definition) is 0. The second-order valence-electron chi connectivity index (χ2n) is 5.10. The van der Waals surface area contributed by atoms with Crippen LogP contribution in [0.3, 0.4) is 0 Å². The molecule has 0 saturated carbocycles. The van der Waals surface area contributed by atoms with E-state index in [0.717, 1.165) is 24.2 Å². The zero-order valence-corrected chi connectivity index (χ0v) is 12.8. The molecule has 0 saturated heterocycles. The summed E-state index contributed by atoms with van der Waals surface area (Å²) in [6.45, 7) is 2.79. The van der Waals surface area contributed by atoms with Gasteiger partial charge in [0, 0.05) is 25.6 Å². The van der Waals surface area contributed by atoms with Crippen LogP contribution in [0.2, 0.25) is 0 Å². The highest BCUT2D eigenvalue weighted by Gasteiger charge is 2.22. The Labute approximate surface area is 125 Å². The highest BCUT2D eigenvalue weighted by Crippen LogP contribution is 2.32. The fourth-order valence-electron chi connectivity index (χ4n) is 2.18. The fraction of sp³-hybridized carbons (Fsp3) is 0.500. The van der Waals surface area contributed by atoms with Crippen LogP contribution in [-0.2, 0) is 4.79 Å². The summed E-state index contributed by atoms with van der Waals surface area (Å²) in [7, 11) is 3.30. The van der Waals surface area contributed by atoms with Crippen LogP contribution in [0.1, 0.15) is 37.7 Å². The third kappa shape index (κ3) is 3.74. The Morgan fingerprint density at radius 2 is 2.19 bits per heavy atom. The third-order valence-electron chi connectivity index (χ3n) is 3.55. The molecule has 21 heavy (non-hydrogen) atoms. The van der Waals surface area contributed by atoms with Crippen molar-refractivity contribution in [1.29, 1.82) is 0 Å². The molecule has 1 aliphatic heterocycles. The van der Waals surface area contributed by atoms with Crippen molar-refractivity contribution >= 4 is 12.1 Å². The molecule has 0 fully saturated rings. The quantitative estimate of drug-likeness (QED) is 0.757. The first-order valence-corrected chi connectivity index (χ1v) is 7.27. The first-order valence-electron chi connectivity index (χ1n) is 7.27. The van der Waals surface area contributed by atoms with E-state index in [4.69, 9.17) is 9.47 Å². The Hall–Kier alpha value is -2.04. The lowest BCUT2D eigenvalue weighted by atomic mass is 9.95. The van der Waals surface area contributed by atoms with E-state index >= 15 is 0 Å². The van der Waals surface area contributed by atoms with Crippen molar-refractivity contribution in [1.82, 2.24) is 5.01 Å². The van der Waals surface area contributed by atoms with Crippen molar-refractivity contribution in [3.8, 4) is 11.5 Å². The van der Waals surface area contributed by atoms with E-state index in [9.17, 15) is 4.79 Å². The van der Waals surface area contributed by atoms with Gasteiger partial charge in [-0.3, -0.25) is 4.79 Å². The summed E-state index contributed by atoms with van der Waals surface area (Å²) in [6, 6.07) is 5.79. The van der Waals surface area contributed by atoms with Gasteiger partial charge in [-0.2, -0.15) is 5.10 Å². The zero-order valence-electron chi connectivity index (χ0n) is 12.8. The number of carbonyl (C=O) groups excluding carboxylic acids is 1. The van der Waals surface area contributed by atoms with Gasteiger partial charge < -0.3 is 9.47 Å². The Bertz CT molecular complexity index is 528. The largest absolute Gasteiger partial charge is 0.493 e. The molecular weight excluding hydrogens is 268 g/mol. The molecule has 1 heterocycles. The molecule has 0 radical (unpaired) electrons. The molecular formula is C16H22N2O3. The number of hydrogen-bond acceptors (Lipinski definition) is 4. The number of ether oxygens (including phenoxy) is 2. The molecule has 5 nitrogen and oxygen atoms in total. The maximum atomic E-state index is 11.8. The summed E-state index contributed by atoms with van der Waals surface area (Å²) >= 11 is 0. The van der Waals surface area contributed by atoms with Crippen LogP contribution in [0.15, 0.2) is 23.3 Å². The molecule has 0 bridgehead atoms. The molecule has 1 aromatic rings. The Morgan fingerprint density at radius 3 is 2.86 bits per heavy atom. The molecule has 0 aromatic heterocycles. The lowest BCUT2D eigenvalue weighted by molar-refractivity contribution is -0.130. The van der Waals surface area contributed by atoms with Crippen molar-refractivity contribution in [2.75, 3.05) is 20.8 Å². The van der Waals surface area contributed by atoms with Gasteiger partial charge in [0.25, 0.3) is 0 Å². The standard InChI is InChI=1S/C16H22N2O3/c1-4-5-8-21-15-9-12(6-7-14(15)20-3)13-10-16(19)18(2)17-11-13/h6-7,9,11,13H,4-5,8,10H2,1-3H3. The topological polar surface area (TPSA) is 51.1 Å². The van der Waals surface area contributed by atoms with E-state index in [0.29, 0.717) is 18.8 Å². The molecule has 0 spiro atoms. The first-order chi connectivity index (χ1) is 10.2. The highest BCUT2D eigenvalue weighted by atomic mass is 16.5. The lowest BCUT2D eigenvalue weighted by Crippen LogP contribution is -2.28. The van der Waals surface area contributed by atoms with Crippen LogP contribution in [-0.4, -0.2) is 37.9 Å². The normalized spacial score (nSPS) is 18.0. The van der Waals surface area contributed by atoms with Crippen molar-refractivity contribution in [2.24, 2.45) is 5.10 Å². The summed E-state index contributed by atoms with van der Waals surface area (Å²) in [5, 5.41) is 5.48. The zero-order chi connectivity index (χ0) is 15.2. The SMILES string of the molecule is CCCCOc1cc(C2C=NN(C)C(=O)C2)ccc1OC. The van der Waals surface area contributed by atoms with E-state index in [1.807, 2.05) is 18.2 Å². The Kier molecular flexibility index (Phi) is 5.20. The number of hydrazone groups is 1. The second-order valence-corrected chi connectivity index (χ2v) is 5.10. The molecule has 0 aliphatic carbocycles. The maximum absolute atomic E-state index is 11.8. The number of benzene rings is 1. The van der Waals surface area contributed by atoms with Crippen molar-refractivity contribution < 1.29 is 14.3 Å². The van der Waals surface area contributed by atoms with Crippen molar-refractivity contribution in [2.45, 2.75) is 32.1 Å². The number of carbonyl (C=O) groups is 1. The van der Waals surface area contributed by atoms with Gasteiger partial charge in [0.15, 0.2) is 11.5 Å². The van der Waals surface area contributed by atoms with Crippen LogP contribution in [0.25, 0.3) is 0 Å². The molecule has 1 amide bonds. The van der Waals surface area contributed by atoms with Gasteiger partial charge >= 0.3 is 0 Å². The summed E-state index contributed by atoms with van der Waals surface area (Å²) in [5.74, 6) is 1.45. The van der Waals surface area contributed by atoms with Crippen LogP contribution < -0.4 is 9.47 Å². The van der Waals surface area contributed by atoms with Crippen molar-refractivity contribution in [3.63, 3.8) is 0 Å². The third-order valence-corrected chi connectivity index (χ3v) is 3.55. The number of unbranched alkanes of at least 4 members (excludes halogenated alkanes) is 1. The first kappa shape index (κ1) is 15.4. The summed E-state index contributed by atoms with van der Waals surface area (Å²) in [5.41, 5.74) is 1.02. The fourth-order valence-corrected chi connectivity index (χ4v) is 2.18. The highest BCUT2D eigenvalue weighted by molar-refractivity contribution is 5.86. The van der Waals surface area contributed by atoms with Gasteiger partial charge in [-0.05, 0) is 24.1 Å². The lowest BCUT2D eigenvalue weighted by Gasteiger charge is -2.22. The second kappa shape index (κ2) is 7.11. The summed E-state index contributed by atoms with van der Waals surface area (Å²) < 4.78 is 11.1. The van der Waals surface area contributed by atoms with E-state index in [1.165, 1.54) is 5.01 Å². The Morgan fingerprint density at radius 1 is 1.38 bits per heavy atom. The minimum atomic E-state index is -0.00636. The molecule has 114 valence electrons. The molecule has 1 unspecified atom stereocenters. The molecule has 1 aliphatic rings. The molecule has 0 N–H and O–H groups in total. The predicted octanol–water partition coefficient (Wildman–Crippen LogP) is 2.81. The predicted molar refractivity (Wildman–Crippen MR) is 82.0 cm³/mol. The number of rotatable bonds is 6. The minimum absolute atomic E-state index is 0.00636. The van der Waals surface area contributed by atoms with Gasteiger partial charge in [0.05, 0.1) is 13.7 Å². The van der Waals surface area contributed by atoms with Crippen LogP contribution in [0.4, 0.5) is 0 Å². The maximum Gasteiger partial charge on any atom is 0.243 e. The van der Waals surface area contributed by atoms with E-state index in [2.05, 4.69) is 12.0 Å². The van der Waals surface area contributed by atoms with E-state index in [-0.39, 0.29) is 11.8 Å². The Balaban J connectivity index is 2.19. The van der Waals surface area contributed by atoms with Crippen LogP contribution in [0.5, 0.6) is 11.5 Å². The van der Waals surface area contributed by atoms with Gasteiger partial charge in [-0.15, -0.1) is 0 Å². The minimum Gasteiger partial charge on any atom is -0.493 e. The van der Waals surface area contributed by atoms with Gasteiger partial charge in [-0.25, -0.2) is 5.01 Å². The summed E-state index contributed by atoms with van der Waals surface area (Å²) in [6.07, 6.45) is 4.32. The van der Waals surface area contributed by atoms with Crippen molar-refractivity contribution in [3.05, 3.63) is 23.8 Å². The number of amides is 1. The van der Waals surface area contributed by atoms with Gasteiger partial charge in [0.1, 0.15) is 0 Å². The monoisotopic (exact) mass is 290 g/mol. The van der Waals surface area contributed by atoms with Crippen LogP contribution in [0, 0.1) is 0 Å². The smallest absolute Gasteiger partial charge is 0.243 e. The average molecular weight is 290 g/mol. The van der Waals surface area contributed by atoms with E-state index < -0.39 is 0 Å². The molecule has 1 atom stereocenters. The molecule has 1 aromatic carbocycles. The van der Waals surface area contributed by atoms with Crippen LogP contribution >= 0.6 is 0 Å². The van der Waals surface area contributed by atoms with Gasteiger partial charge in [-0.1, -0.05) is 19.4 Å². The summed E-state index contributed by atoms with van der Waals surface area (Å²) in [4.78, 5) is 11.8. The van der Waals surface area contributed by atoms with E-state index in [1.54, 1.807) is 20.4 Å². The molecule has 5 heteroatoms. The number of methoxy groups -OCH3 is 1. The molecule has 2 rings (SSSR count).